The van der Waals surface area contributed by atoms with Crippen LogP contribution >= 0.6 is 11.3 Å². The molecule has 1 aliphatic heterocycles. The molecule has 0 unspecified atom stereocenters. The Labute approximate surface area is 145 Å². The van der Waals surface area contributed by atoms with Crippen LogP contribution in [0.3, 0.4) is 0 Å². The molecule has 0 bridgehead atoms. The molecule has 0 fully saturated rings. The third-order valence-electron chi connectivity index (χ3n) is 3.88. The average molecular weight is 343 g/mol. The summed E-state index contributed by atoms with van der Waals surface area (Å²) in [5.41, 5.74) is 3.48. The minimum atomic E-state index is -0.371. The van der Waals surface area contributed by atoms with Crippen LogP contribution in [0.5, 0.6) is 0 Å². The van der Waals surface area contributed by atoms with Crippen molar-refractivity contribution >= 4 is 28.8 Å². The molecule has 5 nitrogen and oxygen atoms in total. The van der Waals surface area contributed by atoms with Crippen LogP contribution in [-0.4, -0.2) is 23.3 Å². The minimum Gasteiger partial charge on any atom is -0.355 e. The lowest BCUT2D eigenvalue weighted by atomic mass is 9.96. The van der Waals surface area contributed by atoms with Crippen molar-refractivity contribution in [1.29, 1.82) is 0 Å². The summed E-state index contributed by atoms with van der Waals surface area (Å²) < 4.78 is 0. The van der Waals surface area contributed by atoms with E-state index < -0.39 is 0 Å². The zero-order chi connectivity index (χ0) is 17.3. The van der Waals surface area contributed by atoms with E-state index in [1.54, 1.807) is 11.3 Å². The van der Waals surface area contributed by atoms with E-state index in [-0.39, 0.29) is 17.2 Å². The first-order chi connectivity index (χ1) is 11.3. The molecular formula is C18H21N3O2S. The molecule has 2 N–H and O–H groups in total. The number of fused-ring (bicyclic) bond motifs is 1. The van der Waals surface area contributed by atoms with Gasteiger partial charge in [0, 0.05) is 35.0 Å². The van der Waals surface area contributed by atoms with Gasteiger partial charge in [0.1, 0.15) is 0 Å². The monoisotopic (exact) mass is 343 g/mol. The Kier molecular flexibility index (Phi) is 4.41. The molecule has 126 valence electrons. The van der Waals surface area contributed by atoms with Crippen molar-refractivity contribution < 1.29 is 9.59 Å². The zero-order valence-electron chi connectivity index (χ0n) is 14.1. The van der Waals surface area contributed by atoms with Crippen LogP contribution in [0, 0.1) is 5.41 Å². The fourth-order valence-corrected chi connectivity index (χ4v) is 3.30. The summed E-state index contributed by atoms with van der Waals surface area (Å²) in [6, 6.07) is 5.93. The highest BCUT2D eigenvalue weighted by atomic mass is 32.1. The normalized spacial score (nSPS) is 13.5. The third-order valence-corrected chi connectivity index (χ3v) is 4.79. The Bertz CT molecular complexity index is 790. The van der Waals surface area contributed by atoms with Gasteiger partial charge in [0.25, 0.3) is 0 Å². The van der Waals surface area contributed by atoms with Gasteiger partial charge >= 0.3 is 0 Å². The molecule has 6 heteroatoms. The van der Waals surface area contributed by atoms with Crippen LogP contribution in [0.15, 0.2) is 23.6 Å². The van der Waals surface area contributed by atoms with Gasteiger partial charge in [-0.15, -0.1) is 11.3 Å². The number of carbonyl (C=O) groups is 2. The number of nitrogens with zero attached hydrogens (tertiary/aromatic N) is 1. The smallest absolute Gasteiger partial charge is 0.228 e. The van der Waals surface area contributed by atoms with Gasteiger partial charge in [-0.1, -0.05) is 26.8 Å². The standard InChI is InChI=1S/C18H21N3O2S/c1-18(2,3)17(23)19-7-6-16-21-14(10-24-16)11-4-5-13-12(8-11)9-15(22)20-13/h4-5,8,10H,6-7,9H2,1-3H3,(H,19,23)(H,20,22). The molecule has 3 rings (SSSR count). The Morgan fingerprint density at radius 3 is 2.92 bits per heavy atom. The highest BCUT2D eigenvalue weighted by molar-refractivity contribution is 7.09. The van der Waals surface area contributed by atoms with Crippen molar-refractivity contribution in [3.8, 4) is 11.3 Å². The van der Waals surface area contributed by atoms with Crippen LogP contribution in [-0.2, 0) is 22.4 Å². The summed E-state index contributed by atoms with van der Waals surface area (Å²) in [6.07, 6.45) is 1.15. The summed E-state index contributed by atoms with van der Waals surface area (Å²) in [5.74, 6) is 0.0887. The molecule has 0 saturated carbocycles. The second-order valence-corrected chi connectivity index (χ2v) is 7.92. The number of nitrogens with one attached hydrogen (secondary N) is 2. The summed E-state index contributed by atoms with van der Waals surface area (Å²) in [7, 11) is 0. The van der Waals surface area contributed by atoms with E-state index in [0.29, 0.717) is 13.0 Å². The van der Waals surface area contributed by atoms with Crippen molar-refractivity contribution in [2.75, 3.05) is 11.9 Å². The van der Waals surface area contributed by atoms with Crippen molar-refractivity contribution in [2.24, 2.45) is 5.41 Å². The van der Waals surface area contributed by atoms with E-state index in [9.17, 15) is 9.59 Å². The number of benzene rings is 1. The summed E-state index contributed by atoms with van der Waals surface area (Å²) in [4.78, 5) is 27.9. The van der Waals surface area contributed by atoms with Crippen molar-refractivity contribution in [3.05, 3.63) is 34.2 Å². The van der Waals surface area contributed by atoms with E-state index in [1.165, 1.54) is 0 Å². The predicted octanol–water partition coefficient (Wildman–Crippen LogP) is 3.01. The average Bonchev–Trinajstić information content (AvgIpc) is 3.10. The van der Waals surface area contributed by atoms with Gasteiger partial charge < -0.3 is 10.6 Å². The Morgan fingerprint density at radius 1 is 1.38 bits per heavy atom. The van der Waals surface area contributed by atoms with Gasteiger partial charge in [0.2, 0.25) is 11.8 Å². The Balaban J connectivity index is 1.63. The van der Waals surface area contributed by atoms with E-state index in [0.717, 1.165) is 33.9 Å². The molecule has 0 radical (unpaired) electrons. The molecule has 0 saturated heterocycles. The van der Waals surface area contributed by atoms with Gasteiger partial charge in [-0.2, -0.15) is 0 Å². The van der Waals surface area contributed by atoms with Gasteiger partial charge in [-0.3, -0.25) is 9.59 Å². The lowest BCUT2D eigenvalue weighted by Gasteiger charge is -2.17. The molecule has 1 aromatic heterocycles. The summed E-state index contributed by atoms with van der Waals surface area (Å²) in [6.45, 7) is 6.29. The Morgan fingerprint density at radius 2 is 2.17 bits per heavy atom. The molecule has 0 aliphatic carbocycles. The van der Waals surface area contributed by atoms with Gasteiger partial charge in [-0.05, 0) is 17.7 Å². The Hall–Kier alpha value is -2.21. The van der Waals surface area contributed by atoms with Crippen LogP contribution < -0.4 is 10.6 Å². The molecule has 2 amide bonds. The summed E-state index contributed by atoms with van der Waals surface area (Å²) in [5, 5.41) is 8.79. The number of thiazole rings is 1. The van der Waals surface area contributed by atoms with E-state index in [1.807, 2.05) is 44.4 Å². The second-order valence-electron chi connectivity index (χ2n) is 6.98. The molecule has 2 heterocycles. The largest absolute Gasteiger partial charge is 0.355 e. The lowest BCUT2D eigenvalue weighted by molar-refractivity contribution is -0.128. The highest BCUT2D eigenvalue weighted by Gasteiger charge is 2.21. The summed E-state index contributed by atoms with van der Waals surface area (Å²) >= 11 is 1.59. The maximum Gasteiger partial charge on any atom is 0.228 e. The molecular weight excluding hydrogens is 322 g/mol. The molecule has 0 atom stereocenters. The fraction of sp³-hybridized carbons (Fsp3) is 0.389. The quantitative estimate of drug-likeness (QED) is 0.896. The van der Waals surface area contributed by atoms with Gasteiger partial charge in [0.15, 0.2) is 0 Å². The topological polar surface area (TPSA) is 71.1 Å². The fourth-order valence-electron chi connectivity index (χ4n) is 2.50. The molecule has 2 aromatic rings. The zero-order valence-corrected chi connectivity index (χ0v) is 14.9. The number of hydrogen-bond donors (Lipinski definition) is 2. The predicted molar refractivity (Wildman–Crippen MR) is 96.1 cm³/mol. The first-order valence-electron chi connectivity index (χ1n) is 7.99. The molecule has 1 aromatic carbocycles. The van der Waals surface area contributed by atoms with Crippen LogP contribution in [0.25, 0.3) is 11.3 Å². The number of amides is 2. The molecule has 24 heavy (non-hydrogen) atoms. The van der Waals surface area contributed by atoms with E-state index >= 15 is 0 Å². The van der Waals surface area contributed by atoms with E-state index in [2.05, 4.69) is 15.6 Å². The second kappa shape index (κ2) is 6.36. The maximum absolute atomic E-state index is 11.9. The highest BCUT2D eigenvalue weighted by Crippen LogP contribution is 2.29. The van der Waals surface area contributed by atoms with E-state index in [4.69, 9.17) is 0 Å². The van der Waals surface area contributed by atoms with Crippen LogP contribution in [0.2, 0.25) is 0 Å². The minimum absolute atomic E-state index is 0.0377. The maximum atomic E-state index is 11.9. The number of hydrogen-bond acceptors (Lipinski definition) is 4. The molecule has 1 aliphatic rings. The van der Waals surface area contributed by atoms with Crippen molar-refractivity contribution in [2.45, 2.75) is 33.6 Å². The van der Waals surface area contributed by atoms with Crippen molar-refractivity contribution in [3.63, 3.8) is 0 Å². The van der Waals surface area contributed by atoms with Crippen LogP contribution in [0.4, 0.5) is 5.69 Å². The van der Waals surface area contributed by atoms with Gasteiger partial charge in [-0.25, -0.2) is 4.98 Å². The number of anilines is 1. The van der Waals surface area contributed by atoms with Crippen molar-refractivity contribution in [1.82, 2.24) is 10.3 Å². The number of rotatable bonds is 4. The first-order valence-corrected chi connectivity index (χ1v) is 8.87. The third kappa shape index (κ3) is 3.64. The first kappa shape index (κ1) is 16.6. The molecule has 0 spiro atoms. The van der Waals surface area contributed by atoms with Gasteiger partial charge in [0.05, 0.1) is 17.1 Å². The number of aromatic nitrogens is 1. The number of carbonyl (C=O) groups excluding carboxylic acids is 2. The SMILES string of the molecule is CC(C)(C)C(=O)NCCc1nc(-c2ccc3c(c2)CC(=O)N3)cs1. The van der Waals surface area contributed by atoms with Crippen LogP contribution in [0.1, 0.15) is 31.3 Å². The lowest BCUT2D eigenvalue weighted by Crippen LogP contribution is -2.35.